The zero-order valence-electron chi connectivity index (χ0n) is 18.5. The molecule has 0 spiro atoms. The minimum absolute atomic E-state index is 0.214. The fourth-order valence-corrected chi connectivity index (χ4v) is 4.00. The molecule has 0 fully saturated rings. The second-order valence-corrected chi connectivity index (χ2v) is 7.92. The third-order valence-electron chi connectivity index (χ3n) is 5.80. The van der Waals surface area contributed by atoms with Crippen molar-refractivity contribution in [2.24, 2.45) is 5.73 Å². The van der Waals surface area contributed by atoms with Gasteiger partial charge in [0.25, 0.3) is 5.91 Å². The lowest BCUT2D eigenvalue weighted by Gasteiger charge is -2.31. The van der Waals surface area contributed by atoms with Gasteiger partial charge < -0.3 is 10.6 Å². The molecule has 0 unspecified atom stereocenters. The number of fused-ring (bicyclic) bond motifs is 1. The van der Waals surface area contributed by atoms with Gasteiger partial charge in [-0.1, -0.05) is 36.4 Å². The van der Waals surface area contributed by atoms with Gasteiger partial charge in [0.1, 0.15) is 11.6 Å². The molecule has 1 aromatic heterocycles. The van der Waals surface area contributed by atoms with Crippen LogP contribution in [0.25, 0.3) is 6.08 Å². The molecule has 1 aliphatic rings. The van der Waals surface area contributed by atoms with Crippen molar-refractivity contribution in [3.8, 4) is 6.19 Å². The lowest BCUT2D eigenvalue weighted by Crippen LogP contribution is -2.30. The summed E-state index contributed by atoms with van der Waals surface area (Å²) >= 11 is 0. The smallest absolute Gasteiger partial charge is 0.252 e. The highest BCUT2D eigenvalue weighted by Crippen LogP contribution is 2.31. The molecule has 7 nitrogen and oxygen atoms in total. The van der Waals surface area contributed by atoms with E-state index < -0.39 is 5.91 Å². The number of nitrogens with two attached hydrogens (primary N) is 1. The third kappa shape index (κ3) is 4.50. The summed E-state index contributed by atoms with van der Waals surface area (Å²) < 4.78 is 13.5. The van der Waals surface area contributed by atoms with Crippen LogP contribution < -0.4 is 15.5 Å². The van der Waals surface area contributed by atoms with Gasteiger partial charge in [0.15, 0.2) is 6.19 Å². The lowest BCUT2D eigenvalue weighted by molar-refractivity contribution is -0.116. The van der Waals surface area contributed by atoms with Crippen molar-refractivity contribution in [3.63, 3.8) is 0 Å². The molecule has 1 atom stereocenters. The Bertz CT molecular complexity index is 1310. The van der Waals surface area contributed by atoms with E-state index in [0.29, 0.717) is 18.1 Å². The summed E-state index contributed by atoms with van der Waals surface area (Å²) in [6, 6.07) is 14.7. The molecule has 0 bridgehead atoms. The maximum Gasteiger partial charge on any atom is 0.252 e. The van der Waals surface area contributed by atoms with Crippen LogP contribution in [-0.4, -0.2) is 23.3 Å². The quantitative estimate of drug-likeness (QED) is 0.543. The summed E-state index contributed by atoms with van der Waals surface area (Å²) in [6.45, 7) is 2.31. The molecule has 0 saturated carbocycles. The number of hydrogen-bond acceptors (Lipinski definition) is 5. The van der Waals surface area contributed by atoms with Crippen molar-refractivity contribution in [3.05, 3.63) is 94.9 Å². The molecule has 8 heteroatoms. The standard InChI is InChI=1S/C26H22FN5O2/c1-17(19-8-10-21(27)11-9-19)31(26-22(25(29)34)5-2-12-30-26)13-3-4-18-6-7-20-15-24(33)32(16-28)23(20)14-18/h2-12,14,17H,13,15H2,1H3,(H2,29,34)/b4-3+/t17-/m0/s1. The summed E-state index contributed by atoms with van der Waals surface area (Å²) in [5.41, 5.74) is 8.94. The van der Waals surface area contributed by atoms with E-state index in [9.17, 15) is 19.2 Å². The number of amides is 2. The summed E-state index contributed by atoms with van der Waals surface area (Å²) in [6.07, 6.45) is 7.49. The minimum Gasteiger partial charge on any atom is -0.365 e. The molecule has 2 aromatic carbocycles. The van der Waals surface area contributed by atoms with Gasteiger partial charge in [0.2, 0.25) is 5.91 Å². The fourth-order valence-electron chi connectivity index (χ4n) is 4.00. The predicted molar refractivity (Wildman–Crippen MR) is 127 cm³/mol. The predicted octanol–water partition coefficient (Wildman–Crippen LogP) is 3.97. The van der Waals surface area contributed by atoms with Crippen molar-refractivity contribution in [2.75, 3.05) is 16.3 Å². The van der Waals surface area contributed by atoms with Crippen molar-refractivity contribution < 1.29 is 14.0 Å². The first-order valence-electron chi connectivity index (χ1n) is 10.7. The number of nitriles is 1. The number of carbonyl (C=O) groups is 2. The van der Waals surface area contributed by atoms with Crippen LogP contribution in [0.15, 0.2) is 66.9 Å². The van der Waals surface area contributed by atoms with Gasteiger partial charge in [0, 0.05) is 12.7 Å². The third-order valence-corrected chi connectivity index (χ3v) is 5.80. The fraction of sp³-hybridized carbons (Fsp3) is 0.154. The van der Waals surface area contributed by atoms with E-state index in [1.54, 1.807) is 36.5 Å². The van der Waals surface area contributed by atoms with Crippen molar-refractivity contribution >= 4 is 29.4 Å². The van der Waals surface area contributed by atoms with Gasteiger partial charge in [0.05, 0.1) is 23.7 Å². The van der Waals surface area contributed by atoms with Crippen molar-refractivity contribution in [2.45, 2.75) is 19.4 Å². The Kier molecular flexibility index (Phi) is 6.37. The van der Waals surface area contributed by atoms with E-state index in [1.165, 1.54) is 12.1 Å². The Labute approximate surface area is 196 Å². The van der Waals surface area contributed by atoms with Gasteiger partial charge in [-0.15, -0.1) is 0 Å². The number of nitrogens with zero attached hydrogens (tertiary/aromatic N) is 4. The number of anilines is 2. The second kappa shape index (κ2) is 9.55. The number of primary amides is 1. The number of carbonyl (C=O) groups excluding carboxylic acids is 2. The summed E-state index contributed by atoms with van der Waals surface area (Å²) in [5.74, 6) is -0.749. The molecular weight excluding hydrogens is 433 g/mol. The highest BCUT2D eigenvalue weighted by molar-refractivity contribution is 6.04. The van der Waals surface area contributed by atoms with Gasteiger partial charge in [-0.2, -0.15) is 5.26 Å². The maximum absolute atomic E-state index is 13.5. The molecule has 170 valence electrons. The van der Waals surface area contributed by atoms with Crippen LogP contribution in [0.4, 0.5) is 15.9 Å². The Morgan fingerprint density at radius 2 is 2.06 bits per heavy atom. The SMILES string of the molecule is C[C@@H](c1ccc(F)cc1)N(C/C=C/c1ccc2c(c1)N(C#N)C(=O)C2)c1ncccc1C(N)=O. The second-order valence-electron chi connectivity index (χ2n) is 7.92. The van der Waals surface area contributed by atoms with Crippen LogP contribution in [0.2, 0.25) is 0 Å². The highest BCUT2D eigenvalue weighted by atomic mass is 19.1. The molecule has 2 heterocycles. The van der Waals surface area contributed by atoms with Crippen LogP contribution in [0.3, 0.4) is 0 Å². The summed E-state index contributed by atoms with van der Waals surface area (Å²) in [4.78, 5) is 31.4. The van der Waals surface area contributed by atoms with Crippen LogP contribution in [0.5, 0.6) is 0 Å². The van der Waals surface area contributed by atoms with Crippen LogP contribution in [0.1, 0.15) is 40.0 Å². The number of pyridine rings is 1. The molecule has 1 aliphatic heterocycles. The normalized spacial score (nSPS) is 13.6. The number of halogens is 1. The number of aromatic nitrogens is 1. The van der Waals surface area contributed by atoms with Crippen LogP contribution >= 0.6 is 0 Å². The van der Waals surface area contributed by atoms with E-state index >= 15 is 0 Å². The summed E-state index contributed by atoms with van der Waals surface area (Å²) in [7, 11) is 0. The maximum atomic E-state index is 13.5. The molecular formula is C26H22FN5O2. The molecule has 4 rings (SSSR count). The number of benzene rings is 2. The average molecular weight is 455 g/mol. The average Bonchev–Trinajstić information content (AvgIpc) is 3.16. The first-order chi connectivity index (χ1) is 16.4. The Hall–Kier alpha value is -4.51. The Morgan fingerprint density at radius 3 is 2.76 bits per heavy atom. The molecule has 0 saturated heterocycles. The first-order valence-corrected chi connectivity index (χ1v) is 10.7. The van der Waals surface area contributed by atoms with Crippen LogP contribution in [0, 0.1) is 17.3 Å². The monoisotopic (exact) mass is 455 g/mol. The Morgan fingerprint density at radius 1 is 1.29 bits per heavy atom. The number of rotatable bonds is 7. The van der Waals surface area contributed by atoms with Gasteiger partial charge in [-0.25, -0.2) is 14.3 Å². The van der Waals surface area contributed by atoms with Crippen molar-refractivity contribution in [1.29, 1.82) is 5.26 Å². The molecule has 0 aliphatic carbocycles. The summed E-state index contributed by atoms with van der Waals surface area (Å²) in [5, 5.41) is 9.27. The van der Waals surface area contributed by atoms with E-state index in [4.69, 9.17) is 5.73 Å². The first kappa shape index (κ1) is 22.7. The van der Waals surface area contributed by atoms with Gasteiger partial charge in [-0.05, 0) is 53.9 Å². The Balaban J connectivity index is 1.65. The zero-order valence-corrected chi connectivity index (χ0v) is 18.5. The largest absolute Gasteiger partial charge is 0.365 e. The van der Waals surface area contributed by atoms with E-state index in [-0.39, 0.29) is 29.8 Å². The topological polar surface area (TPSA) is 103 Å². The molecule has 34 heavy (non-hydrogen) atoms. The van der Waals surface area contributed by atoms with Gasteiger partial charge >= 0.3 is 0 Å². The van der Waals surface area contributed by atoms with Gasteiger partial charge in [-0.3, -0.25) is 9.59 Å². The lowest BCUT2D eigenvalue weighted by atomic mass is 10.1. The number of hydrogen-bond donors (Lipinski definition) is 1. The van der Waals surface area contributed by atoms with Crippen molar-refractivity contribution in [1.82, 2.24) is 4.98 Å². The highest BCUT2D eigenvalue weighted by Gasteiger charge is 2.27. The molecule has 2 amide bonds. The van der Waals surface area contributed by atoms with E-state index in [1.807, 2.05) is 42.3 Å². The molecule has 0 radical (unpaired) electrons. The van der Waals surface area contributed by atoms with E-state index in [0.717, 1.165) is 21.6 Å². The molecule has 2 N–H and O–H groups in total. The minimum atomic E-state index is -0.594. The van der Waals surface area contributed by atoms with Crippen LogP contribution in [-0.2, 0) is 11.2 Å². The van der Waals surface area contributed by atoms with E-state index in [2.05, 4.69) is 4.98 Å². The molecule has 3 aromatic rings. The zero-order chi connectivity index (χ0) is 24.2.